The summed E-state index contributed by atoms with van der Waals surface area (Å²) in [6, 6.07) is 14.7. The van der Waals surface area contributed by atoms with Gasteiger partial charge < -0.3 is 15.0 Å². The SMILES string of the molecule is COc1ccc(NC(=O)CSC2NN=C(Cn3c(=O)c(C)nc4ccccc43)N2C)cc1. The molecule has 10 heteroatoms. The number of aryl methyl sites for hydroxylation is 1. The lowest BCUT2D eigenvalue weighted by atomic mass is 10.2. The van der Waals surface area contributed by atoms with Crippen LogP contribution in [0.2, 0.25) is 0 Å². The summed E-state index contributed by atoms with van der Waals surface area (Å²) in [5, 5.41) is 7.26. The Bertz CT molecular complexity index is 1220. The Morgan fingerprint density at radius 1 is 1.22 bits per heavy atom. The van der Waals surface area contributed by atoms with Crippen molar-refractivity contribution in [1.29, 1.82) is 0 Å². The smallest absolute Gasteiger partial charge is 0.272 e. The standard InChI is InChI=1S/C22H24N6O3S/c1-14-21(30)28(18-7-5-4-6-17(18)23-14)12-19-25-26-22(27(19)2)32-13-20(29)24-15-8-10-16(31-3)11-9-15/h4-11,22,26H,12-13H2,1-3H3,(H,24,29). The van der Waals surface area contributed by atoms with E-state index in [1.165, 1.54) is 11.8 Å². The molecule has 1 unspecified atom stereocenters. The largest absolute Gasteiger partial charge is 0.497 e. The van der Waals surface area contributed by atoms with Crippen LogP contribution in [0.4, 0.5) is 5.69 Å². The first-order valence-electron chi connectivity index (χ1n) is 10.0. The number of nitrogens with one attached hydrogen (secondary N) is 2. The maximum atomic E-state index is 12.7. The quantitative estimate of drug-likeness (QED) is 0.567. The van der Waals surface area contributed by atoms with E-state index in [-0.39, 0.29) is 22.7 Å². The summed E-state index contributed by atoms with van der Waals surface area (Å²) < 4.78 is 6.80. The summed E-state index contributed by atoms with van der Waals surface area (Å²) in [4.78, 5) is 31.4. The molecule has 32 heavy (non-hydrogen) atoms. The van der Waals surface area contributed by atoms with Crippen LogP contribution in [0.3, 0.4) is 0 Å². The predicted molar refractivity (Wildman–Crippen MR) is 127 cm³/mol. The van der Waals surface area contributed by atoms with Gasteiger partial charge in [-0.2, -0.15) is 5.10 Å². The van der Waals surface area contributed by atoms with Crippen LogP contribution < -0.4 is 21.0 Å². The predicted octanol–water partition coefficient (Wildman–Crippen LogP) is 2.22. The van der Waals surface area contributed by atoms with Crippen molar-refractivity contribution in [2.75, 3.05) is 25.2 Å². The second kappa shape index (κ2) is 9.31. The van der Waals surface area contributed by atoms with Crippen LogP contribution in [0.25, 0.3) is 11.0 Å². The number of anilines is 1. The molecule has 0 aliphatic carbocycles. The van der Waals surface area contributed by atoms with E-state index in [1.807, 2.05) is 36.2 Å². The van der Waals surface area contributed by atoms with Gasteiger partial charge in [0.2, 0.25) is 5.91 Å². The first kappa shape index (κ1) is 21.7. The van der Waals surface area contributed by atoms with Crippen LogP contribution in [0.1, 0.15) is 5.69 Å². The molecule has 0 radical (unpaired) electrons. The highest BCUT2D eigenvalue weighted by Gasteiger charge is 2.26. The highest BCUT2D eigenvalue weighted by Crippen LogP contribution is 2.20. The monoisotopic (exact) mass is 452 g/mol. The third kappa shape index (κ3) is 4.54. The molecule has 9 nitrogen and oxygen atoms in total. The Labute approximate surface area is 189 Å². The first-order chi connectivity index (χ1) is 15.5. The van der Waals surface area contributed by atoms with Gasteiger partial charge in [0.1, 0.15) is 17.3 Å². The molecule has 0 spiro atoms. The van der Waals surface area contributed by atoms with E-state index in [9.17, 15) is 9.59 Å². The minimum Gasteiger partial charge on any atom is -0.497 e. The lowest BCUT2D eigenvalue weighted by molar-refractivity contribution is -0.113. The minimum atomic E-state index is -0.212. The molecule has 1 atom stereocenters. The summed E-state index contributed by atoms with van der Waals surface area (Å²) in [6.45, 7) is 2.02. The third-order valence-corrected chi connectivity index (χ3v) is 6.29. The lowest BCUT2D eigenvalue weighted by Gasteiger charge is -2.22. The van der Waals surface area contributed by atoms with Gasteiger partial charge in [0.25, 0.3) is 5.56 Å². The number of ether oxygens (including phenoxy) is 1. The molecule has 3 aromatic rings. The van der Waals surface area contributed by atoms with E-state index >= 15 is 0 Å². The number of aromatic nitrogens is 2. The summed E-state index contributed by atoms with van der Waals surface area (Å²) in [6.07, 6.45) is 0. The normalized spacial score (nSPS) is 15.4. The number of likely N-dealkylation sites (N-methyl/N-ethyl adjacent to an activating group) is 1. The summed E-state index contributed by atoms with van der Waals surface area (Å²) in [7, 11) is 3.49. The van der Waals surface area contributed by atoms with Gasteiger partial charge in [-0.25, -0.2) is 4.98 Å². The molecular formula is C22H24N6O3S. The molecule has 0 fully saturated rings. The number of carbonyl (C=O) groups excluding carboxylic acids is 1. The van der Waals surface area contributed by atoms with E-state index in [0.717, 1.165) is 16.8 Å². The molecule has 0 saturated heterocycles. The highest BCUT2D eigenvalue weighted by molar-refractivity contribution is 8.00. The van der Waals surface area contributed by atoms with Crippen molar-refractivity contribution >= 4 is 40.2 Å². The highest BCUT2D eigenvalue weighted by atomic mass is 32.2. The van der Waals surface area contributed by atoms with Crippen LogP contribution in [0.5, 0.6) is 5.75 Å². The number of fused-ring (bicyclic) bond motifs is 1. The van der Waals surface area contributed by atoms with Gasteiger partial charge in [-0.05, 0) is 43.3 Å². The number of hydrazone groups is 1. The van der Waals surface area contributed by atoms with E-state index in [1.54, 1.807) is 42.9 Å². The van der Waals surface area contributed by atoms with Gasteiger partial charge in [0.15, 0.2) is 5.50 Å². The van der Waals surface area contributed by atoms with Crippen molar-refractivity contribution in [3.63, 3.8) is 0 Å². The van der Waals surface area contributed by atoms with Gasteiger partial charge >= 0.3 is 0 Å². The summed E-state index contributed by atoms with van der Waals surface area (Å²) in [5.74, 6) is 1.57. The first-order valence-corrected chi connectivity index (χ1v) is 11.1. The fraction of sp³-hybridized carbons (Fsp3) is 0.273. The zero-order valence-corrected chi connectivity index (χ0v) is 18.8. The number of nitrogens with zero attached hydrogens (tertiary/aromatic N) is 4. The molecule has 2 aromatic carbocycles. The van der Waals surface area contributed by atoms with Gasteiger partial charge in [-0.3, -0.25) is 19.6 Å². The fourth-order valence-corrected chi connectivity index (χ4v) is 4.23. The van der Waals surface area contributed by atoms with Crippen LogP contribution in [0.15, 0.2) is 58.4 Å². The van der Waals surface area contributed by atoms with Crippen LogP contribution >= 0.6 is 11.8 Å². The topological polar surface area (TPSA) is 101 Å². The Morgan fingerprint density at radius 2 is 1.97 bits per heavy atom. The van der Waals surface area contributed by atoms with Crippen molar-refractivity contribution in [2.24, 2.45) is 5.10 Å². The van der Waals surface area contributed by atoms with Gasteiger partial charge in [0.05, 0.1) is 30.4 Å². The number of benzene rings is 2. The van der Waals surface area contributed by atoms with Crippen molar-refractivity contribution in [1.82, 2.24) is 19.9 Å². The third-order valence-electron chi connectivity index (χ3n) is 5.12. The molecule has 166 valence electrons. The van der Waals surface area contributed by atoms with Crippen molar-refractivity contribution < 1.29 is 9.53 Å². The summed E-state index contributed by atoms with van der Waals surface area (Å²) in [5.41, 5.74) is 5.36. The molecular weight excluding hydrogens is 428 g/mol. The number of rotatable bonds is 7. The summed E-state index contributed by atoms with van der Waals surface area (Å²) >= 11 is 1.42. The van der Waals surface area contributed by atoms with E-state index in [0.29, 0.717) is 23.8 Å². The lowest BCUT2D eigenvalue weighted by Crippen LogP contribution is -2.38. The second-order valence-corrected chi connectivity index (χ2v) is 8.35. The van der Waals surface area contributed by atoms with E-state index in [2.05, 4.69) is 20.8 Å². The van der Waals surface area contributed by atoms with Crippen molar-refractivity contribution in [3.05, 3.63) is 64.6 Å². The molecule has 0 saturated carbocycles. The number of carbonyl (C=O) groups is 1. The van der Waals surface area contributed by atoms with Gasteiger partial charge in [-0.15, -0.1) is 11.8 Å². The van der Waals surface area contributed by atoms with Crippen LogP contribution in [0, 0.1) is 6.92 Å². The number of hydrogen-bond acceptors (Lipinski definition) is 8. The molecule has 1 aromatic heterocycles. The molecule has 0 bridgehead atoms. The van der Waals surface area contributed by atoms with Crippen molar-refractivity contribution in [3.8, 4) is 5.75 Å². The Balaban J connectivity index is 1.37. The minimum absolute atomic E-state index is 0.115. The number of amidine groups is 1. The number of thioether (sulfide) groups is 1. The maximum absolute atomic E-state index is 12.7. The zero-order chi connectivity index (χ0) is 22.7. The molecule has 2 N–H and O–H groups in total. The zero-order valence-electron chi connectivity index (χ0n) is 18.0. The average molecular weight is 453 g/mol. The molecule has 1 aliphatic rings. The van der Waals surface area contributed by atoms with E-state index < -0.39 is 0 Å². The number of amides is 1. The number of methoxy groups -OCH3 is 1. The Morgan fingerprint density at radius 3 is 2.72 bits per heavy atom. The van der Waals surface area contributed by atoms with Crippen molar-refractivity contribution in [2.45, 2.75) is 19.0 Å². The average Bonchev–Trinajstić information content (AvgIpc) is 3.15. The molecule has 1 aliphatic heterocycles. The maximum Gasteiger partial charge on any atom is 0.272 e. The van der Waals surface area contributed by atoms with Crippen LogP contribution in [-0.2, 0) is 11.3 Å². The number of para-hydroxylation sites is 2. The second-order valence-electron chi connectivity index (χ2n) is 7.29. The van der Waals surface area contributed by atoms with E-state index in [4.69, 9.17) is 4.74 Å². The fourth-order valence-electron chi connectivity index (χ4n) is 3.37. The van der Waals surface area contributed by atoms with Crippen LogP contribution in [-0.4, -0.2) is 51.6 Å². The van der Waals surface area contributed by atoms with Gasteiger partial charge in [-0.1, -0.05) is 12.1 Å². The van der Waals surface area contributed by atoms with Gasteiger partial charge in [0, 0.05) is 12.7 Å². The Hall–Kier alpha value is -3.53. The molecule has 2 heterocycles. The molecule has 4 rings (SSSR count). The molecule has 1 amide bonds. The Kier molecular flexibility index (Phi) is 6.31. The number of hydrogen-bond donors (Lipinski definition) is 2.